The average Bonchev–Trinajstić information content (AvgIpc) is 3.00. The number of hydrogen-bond acceptors (Lipinski definition) is 4. The van der Waals surface area contributed by atoms with Gasteiger partial charge in [-0.25, -0.2) is 9.37 Å². The fourth-order valence-electron chi connectivity index (χ4n) is 2.53. The molecule has 0 bridgehead atoms. The average molecular weight is 323 g/mol. The van der Waals surface area contributed by atoms with Gasteiger partial charge in [0, 0.05) is 11.5 Å². The van der Waals surface area contributed by atoms with Crippen molar-refractivity contribution in [3.05, 3.63) is 70.7 Å². The fraction of sp³-hybridized carbons (Fsp3) is 0. The Bertz CT molecular complexity index is 1150. The summed E-state index contributed by atoms with van der Waals surface area (Å²) in [5, 5.41) is 3.28. The van der Waals surface area contributed by atoms with Crippen molar-refractivity contribution in [3.8, 4) is 0 Å². The predicted molar refractivity (Wildman–Crippen MR) is 86.5 cm³/mol. The molecule has 0 radical (unpaired) electrons. The molecule has 0 aliphatic rings. The monoisotopic (exact) mass is 323 g/mol. The van der Waals surface area contributed by atoms with Gasteiger partial charge in [0.05, 0.1) is 28.5 Å². The van der Waals surface area contributed by atoms with Crippen molar-refractivity contribution < 1.29 is 13.6 Å². The number of rotatable bonds is 2. The van der Waals surface area contributed by atoms with Crippen LogP contribution in [0.1, 0.15) is 10.4 Å². The molecule has 4 rings (SSSR count). The van der Waals surface area contributed by atoms with Crippen LogP contribution in [0.25, 0.3) is 21.9 Å². The van der Waals surface area contributed by atoms with E-state index < -0.39 is 17.3 Å². The van der Waals surface area contributed by atoms with Crippen LogP contribution in [0.5, 0.6) is 0 Å². The number of furan rings is 1. The van der Waals surface area contributed by atoms with Crippen LogP contribution in [-0.4, -0.2) is 15.9 Å². The molecular weight excluding hydrogens is 313 g/mol. The molecule has 1 amide bonds. The van der Waals surface area contributed by atoms with Crippen LogP contribution >= 0.6 is 0 Å². The number of halogens is 1. The molecule has 118 valence electrons. The van der Waals surface area contributed by atoms with E-state index in [9.17, 15) is 14.0 Å². The van der Waals surface area contributed by atoms with E-state index in [1.165, 1.54) is 18.7 Å². The normalized spacial score (nSPS) is 11.0. The van der Waals surface area contributed by atoms with Gasteiger partial charge < -0.3 is 14.7 Å². The number of benzene rings is 2. The van der Waals surface area contributed by atoms with Crippen LogP contribution in [0.4, 0.5) is 10.1 Å². The van der Waals surface area contributed by atoms with E-state index in [0.29, 0.717) is 11.0 Å². The van der Waals surface area contributed by atoms with Gasteiger partial charge in [-0.2, -0.15) is 0 Å². The number of amides is 1. The van der Waals surface area contributed by atoms with Crippen molar-refractivity contribution in [1.29, 1.82) is 0 Å². The quantitative estimate of drug-likeness (QED) is 0.593. The first-order valence-corrected chi connectivity index (χ1v) is 7.08. The molecule has 0 fully saturated rings. The zero-order chi connectivity index (χ0) is 16.7. The number of carbonyl (C=O) groups is 1. The number of carbonyl (C=O) groups excluding carboxylic acids is 1. The summed E-state index contributed by atoms with van der Waals surface area (Å²) in [6.07, 6.45) is 2.51. The summed E-state index contributed by atoms with van der Waals surface area (Å²) < 4.78 is 19.5. The fourth-order valence-corrected chi connectivity index (χ4v) is 2.53. The minimum absolute atomic E-state index is 0.101. The Morgan fingerprint density at radius 2 is 2.04 bits per heavy atom. The maximum absolute atomic E-state index is 14.2. The highest BCUT2D eigenvalue weighted by molar-refractivity contribution is 6.12. The molecule has 2 heterocycles. The Morgan fingerprint density at radius 1 is 1.21 bits per heavy atom. The van der Waals surface area contributed by atoms with Gasteiger partial charge in [-0.15, -0.1) is 0 Å². The van der Waals surface area contributed by atoms with Gasteiger partial charge in [-0.05, 0) is 12.1 Å². The SMILES string of the molecule is O=C(Nc1cc2c(=O)[nH]cnc2cc1F)c1coc2ccccc12. The van der Waals surface area contributed by atoms with Crippen molar-refractivity contribution in [2.75, 3.05) is 5.32 Å². The van der Waals surface area contributed by atoms with Gasteiger partial charge >= 0.3 is 0 Å². The number of nitrogens with zero attached hydrogens (tertiary/aromatic N) is 1. The summed E-state index contributed by atoms with van der Waals surface area (Å²) in [6, 6.07) is 9.39. The molecule has 6 nitrogen and oxygen atoms in total. The molecule has 0 aliphatic carbocycles. The summed E-state index contributed by atoms with van der Waals surface area (Å²) in [6.45, 7) is 0. The molecule has 0 saturated heterocycles. The first-order valence-electron chi connectivity index (χ1n) is 7.08. The first kappa shape index (κ1) is 14.1. The van der Waals surface area contributed by atoms with Gasteiger partial charge in [-0.1, -0.05) is 18.2 Å². The molecule has 0 spiro atoms. The van der Waals surface area contributed by atoms with E-state index in [2.05, 4.69) is 15.3 Å². The van der Waals surface area contributed by atoms with Gasteiger partial charge in [0.15, 0.2) is 0 Å². The number of hydrogen-bond donors (Lipinski definition) is 2. The van der Waals surface area contributed by atoms with Crippen molar-refractivity contribution in [1.82, 2.24) is 9.97 Å². The smallest absolute Gasteiger partial charge is 0.259 e. The Labute approximate surface area is 133 Å². The Hall–Kier alpha value is -3.48. The van der Waals surface area contributed by atoms with E-state index in [1.54, 1.807) is 24.3 Å². The minimum atomic E-state index is -0.679. The number of aromatic nitrogens is 2. The molecule has 2 aromatic heterocycles. The zero-order valence-corrected chi connectivity index (χ0v) is 12.2. The predicted octanol–water partition coefficient (Wildman–Crippen LogP) is 3.06. The molecule has 0 atom stereocenters. The zero-order valence-electron chi connectivity index (χ0n) is 12.2. The molecule has 0 aliphatic heterocycles. The third-order valence-electron chi connectivity index (χ3n) is 3.70. The van der Waals surface area contributed by atoms with Gasteiger partial charge in [0.1, 0.15) is 17.7 Å². The van der Waals surface area contributed by atoms with Crippen LogP contribution in [0.2, 0.25) is 0 Å². The first-order chi connectivity index (χ1) is 11.6. The number of para-hydroxylation sites is 1. The second kappa shape index (κ2) is 5.31. The van der Waals surface area contributed by atoms with Crippen molar-refractivity contribution in [2.45, 2.75) is 0 Å². The Balaban J connectivity index is 1.76. The van der Waals surface area contributed by atoms with E-state index in [1.807, 2.05) is 0 Å². The van der Waals surface area contributed by atoms with Gasteiger partial charge in [0.2, 0.25) is 0 Å². The number of nitrogens with one attached hydrogen (secondary N) is 2. The van der Waals surface area contributed by atoms with Crippen molar-refractivity contribution >= 4 is 33.5 Å². The highest BCUT2D eigenvalue weighted by atomic mass is 19.1. The third kappa shape index (κ3) is 2.23. The van der Waals surface area contributed by atoms with E-state index in [4.69, 9.17) is 4.42 Å². The lowest BCUT2D eigenvalue weighted by Gasteiger charge is -2.06. The summed E-state index contributed by atoms with van der Waals surface area (Å²) >= 11 is 0. The molecule has 4 aromatic rings. The van der Waals surface area contributed by atoms with E-state index >= 15 is 0 Å². The van der Waals surface area contributed by atoms with Gasteiger partial charge in [-0.3, -0.25) is 9.59 Å². The van der Waals surface area contributed by atoms with Crippen LogP contribution in [0.3, 0.4) is 0 Å². The van der Waals surface area contributed by atoms with Gasteiger partial charge in [0.25, 0.3) is 11.5 Å². The Kier molecular flexibility index (Phi) is 3.13. The largest absolute Gasteiger partial charge is 0.463 e. The lowest BCUT2D eigenvalue weighted by molar-refractivity contribution is 0.102. The summed E-state index contributed by atoms with van der Waals surface area (Å²) in [5.41, 5.74) is 0.538. The second-order valence-electron chi connectivity index (χ2n) is 5.18. The molecule has 7 heteroatoms. The van der Waals surface area contributed by atoms with E-state index in [0.717, 1.165) is 6.07 Å². The molecule has 2 aromatic carbocycles. The van der Waals surface area contributed by atoms with Crippen LogP contribution in [-0.2, 0) is 0 Å². The van der Waals surface area contributed by atoms with Crippen molar-refractivity contribution in [2.24, 2.45) is 0 Å². The Morgan fingerprint density at radius 3 is 2.92 bits per heavy atom. The third-order valence-corrected chi connectivity index (χ3v) is 3.70. The van der Waals surface area contributed by atoms with E-state index in [-0.39, 0.29) is 22.2 Å². The maximum Gasteiger partial charge on any atom is 0.259 e. The highest BCUT2D eigenvalue weighted by Crippen LogP contribution is 2.24. The molecule has 0 unspecified atom stereocenters. The number of aromatic amines is 1. The maximum atomic E-state index is 14.2. The molecule has 0 saturated carbocycles. The summed E-state index contributed by atoms with van der Waals surface area (Å²) in [5.74, 6) is -1.21. The van der Waals surface area contributed by atoms with Crippen LogP contribution in [0, 0.1) is 5.82 Å². The summed E-state index contributed by atoms with van der Waals surface area (Å²) in [4.78, 5) is 30.5. The number of fused-ring (bicyclic) bond motifs is 2. The minimum Gasteiger partial charge on any atom is -0.463 e. The lowest BCUT2D eigenvalue weighted by Crippen LogP contribution is -2.14. The van der Waals surface area contributed by atoms with Crippen LogP contribution < -0.4 is 10.9 Å². The lowest BCUT2D eigenvalue weighted by atomic mass is 10.1. The van der Waals surface area contributed by atoms with Crippen molar-refractivity contribution in [3.63, 3.8) is 0 Å². The van der Waals surface area contributed by atoms with Crippen LogP contribution in [0.15, 0.2) is 58.2 Å². The molecular formula is C17H10FN3O3. The highest BCUT2D eigenvalue weighted by Gasteiger charge is 2.16. The second-order valence-corrected chi connectivity index (χ2v) is 5.18. The standard InChI is InChI=1S/C17H10FN3O3/c18-12-6-13-10(16(22)20-8-19-13)5-14(12)21-17(23)11-7-24-15-4-2-1-3-9(11)15/h1-8H,(H,21,23)(H,19,20,22). The molecule has 2 N–H and O–H groups in total. The topological polar surface area (TPSA) is 88.0 Å². The molecule has 24 heavy (non-hydrogen) atoms. The summed E-state index contributed by atoms with van der Waals surface area (Å²) in [7, 11) is 0. The number of H-pyrrole nitrogens is 1. The number of anilines is 1.